The van der Waals surface area contributed by atoms with E-state index in [1.165, 1.54) is 33.8 Å². The first-order valence-corrected chi connectivity index (χ1v) is 10.5. The fraction of sp³-hybridized carbons (Fsp3) is 0.227. The van der Waals surface area contributed by atoms with Crippen LogP contribution in [-0.2, 0) is 25.4 Å². The lowest BCUT2D eigenvalue weighted by molar-refractivity contribution is -0.134. The minimum absolute atomic E-state index is 0.235. The SMILES string of the molecule is Cn1cnc2c1c(=O)n(CC(=O)N1N=C(c3ccc(Cl)cc3)C[C@@H]1c1ccco1)c(=O)n2C. The Labute approximate surface area is 191 Å². The molecule has 1 aromatic carbocycles. The molecule has 0 N–H and O–H groups in total. The van der Waals surface area contributed by atoms with Crippen molar-refractivity contribution in [3.63, 3.8) is 0 Å². The summed E-state index contributed by atoms with van der Waals surface area (Å²) < 4.78 is 9.23. The van der Waals surface area contributed by atoms with Crippen LogP contribution >= 0.6 is 11.6 Å². The van der Waals surface area contributed by atoms with E-state index in [4.69, 9.17) is 16.0 Å². The molecule has 1 atom stereocenters. The maximum absolute atomic E-state index is 13.4. The van der Waals surface area contributed by atoms with Gasteiger partial charge in [0.25, 0.3) is 11.5 Å². The molecule has 0 radical (unpaired) electrons. The number of carbonyl (C=O) groups excluding carboxylic acids is 1. The third kappa shape index (κ3) is 3.48. The van der Waals surface area contributed by atoms with Gasteiger partial charge >= 0.3 is 5.69 Å². The van der Waals surface area contributed by atoms with Crippen LogP contribution in [0.25, 0.3) is 11.2 Å². The summed E-state index contributed by atoms with van der Waals surface area (Å²) in [5.41, 5.74) is 0.764. The van der Waals surface area contributed by atoms with E-state index in [1.807, 2.05) is 12.1 Å². The van der Waals surface area contributed by atoms with Crippen molar-refractivity contribution in [2.75, 3.05) is 0 Å². The van der Waals surface area contributed by atoms with Crippen LogP contribution in [0.3, 0.4) is 0 Å². The average Bonchev–Trinajstić information content (AvgIpc) is 3.55. The van der Waals surface area contributed by atoms with Crippen molar-refractivity contribution in [2.45, 2.75) is 19.0 Å². The van der Waals surface area contributed by atoms with Gasteiger partial charge in [0, 0.05) is 25.5 Å². The summed E-state index contributed by atoms with van der Waals surface area (Å²) in [5.74, 6) is 0.0412. The summed E-state index contributed by atoms with van der Waals surface area (Å²) in [5, 5.41) is 6.40. The van der Waals surface area contributed by atoms with Crippen LogP contribution < -0.4 is 11.2 Å². The highest BCUT2D eigenvalue weighted by atomic mass is 35.5. The van der Waals surface area contributed by atoms with Gasteiger partial charge in [-0.05, 0) is 29.8 Å². The third-order valence-corrected chi connectivity index (χ3v) is 5.96. The number of aryl methyl sites for hydroxylation is 2. The molecule has 0 saturated carbocycles. The summed E-state index contributed by atoms with van der Waals surface area (Å²) in [6, 6.07) is 10.1. The highest BCUT2D eigenvalue weighted by Crippen LogP contribution is 2.33. The molecule has 0 bridgehead atoms. The topological polar surface area (TPSA) is 108 Å². The van der Waals surface area contributed by atoms with Crippen molar-refractivity contribution in [1.29, 1.82) is 0 Å². The molecule has 0 saturated heterocycles. The van der Waals surface area contributed by atoms with Crippen molar-refractivity contribution >= 4 is 34.4 Å². The molecule has 1 aliphatic heterocycles. The van der Waals surface area contributed by atoms with E-state index >= 15 is 0 Å². The highest BCUT2D eigenvalue weighted by molar-refractivity contribution is 6.30. The number of carbonyl (C=O) groups is 1. The van der Waals surface area contributed by atoms with Gasteiger partial charge in [-0.2, -0.15) is 5.10 Å². The van der Waals surface area contributed by atoms with Crippen molar-refractivity contribution in [3.05, 3.63) is 86.2 Å². The molecule has 4 aromatic rings. The zero-order valence-corrected chi connectivity index (χ0v) is 18.6. The van der Waals surface area contributed by atoms with E-state index < -0.39 is 29.7 Å². The minimum Gasteiger partial charge on any atom is -0.467 e. The molecule has 168 valence electrons. The van der Waals surface area contributed by atoms with Crippen molar-refractivity contribution in [2.24, 2.45) is 19.2 Å². The standard InChI is InChI=1S/C22H19ClN6O4/c1-26-12-24-20-19(26)21(31)28(22(32)27(20)2)11-18(30)29-16(17-4-3-9-33-17)10-15(25-29)13-5-7-14(23)8-6-13/h3-9,12,16H,10-11H2,1-2H3/t16-/m1/s1. The Bertz CT molecular complexity index is 1510. The second-order valence-electron chi connectivity index (χ2n) is 7.79. The Kier molecular flexibility index (Phi) is 5.01. The van der Waals surface area contributed by atoms with Crippen LogP contribution in [0.4, 0.5) is 0 Å². The van der Waals surface area contributed by atoms with E-state index in [1.54, 1.807) is 31.3 Å². The Morgan fingerprint density at radius 3 is 2.64 bits per heavy atom. The van der Waals surface area contributed by atoms with Gasteiger partial charge in [0.2, 0.25) is 0 Å². The summed E-state index contributed by atoms with van der Waals surface area (Å²) in [4.78, 5) is 43.3. The molecular weight excluding hydrogens is 448 g/mol. The van der Waals surface area contributed by atoms with E-state index in [2.05, 4.69) is 10.1 Å². The second kappa shape index (κ2) is 7.89. The second-order valence-corrected chi connectivity index (χ2v) is 8.22. The average molecular weight is 467 g/mol. The lowest BCUT2D eigenvalue weighted by atomic mass is 10.0. The van der Waals surface area contributed by atoms with Crippen molar-refractivity contribution < 1.29 is 9.21 Å². The Balaban J connectivity index is 1.54. The number of amides is 1. The molecule has 4 heterocycles. The van der Waals surface area contributed by atoms with Gasteiger partial charge in [-0.3, -0.25) is 14.2 Å². The fourth-order valence-electron chi connectivity index (χ4n) is 4.00. The largest absolute Gasteiger partial charge is 0.467 e. The number of nitrogens with zero attached hydrogens (tertiary/aromatic N) is 6. The number of aromatic nitrogens is 4. The fourth-order valence-corrected chi connectivity index (χ4v) is 4.13. The maximum atomic E-state index is 13.4. The number of fused-ring (bicyclic) bond motifs is 1. The predicted octanol–water partition coefficient (Wildman–Crippen LogP) is 2.06. The number of rotatable bonds is 4. The molecule has 1 aliphatic rings. The van der Waals surface area contributed by atoms with E-state index in [-0.39, 0.29) is 11.2 Å². The molecule has 3 aromatic heterocycles. The van der Waals surface area contributed by atoms with Crippen LogP contribution in [-0.4, -0.2) is 35.3 Å². The number of hydrazone groups is 1. The van der Waals surface area contributed by atoms with Crippen LogP contribution in [0.5, 0.6) is 0 Å². The Morgan fingerprint density at radius 1 is 1.18 bits per heavy atom. The van der Waals surface area contributed by atoms with Gasteiger partial charge in [0.05, 0.1) is 18.3 Å². The van der Waals surface area contributed by atoms with Crippen LogP contribution in [0.2, 0.25) is 5.02 Å². The molecule has 10 nitrogen and oxygen atoms in total. The zero-order valence-electron chi connectivity index (χ0n) is 17.8. The number of halogens is 1. The molecule has 0 aliphatic carbocycles. The van der Waals surface area contributed by atoms with Gasteiger partial charge in [-0.15, -0.1) is 0 Å². The number of imidazole rings is 1. The van der Waals surface area contributed by atoms with Gasteiger partial charge in [0.1, 0.15) is 18.3 Å². The highest BCUT2D eigenvalue weighted by Gasteiger charge is 2.35. The number of hydrogen-bond donors (Lipinski definition) is 0. The van der Waals surface area contributed by atoms with Gasteiger partial charge in [-0.25, -0.2) is 19.4 Å². The number of furan rings is 1. The van der Waals surface area contributed by atoms with Crippen LogP contribution in [0, 0.1) is 0 Å². The Morgan fingerprint density at radius 2 is 1.94 bits per heavy atom. The number of hydrogen-bond acceptors (Lipinski definition) is 6. The lowest BCUT2D eigenvalue weighted by Crippen LogP contribution is -2.43. The summed E-state index contributed by atoms with van der Waals surface area (Å²) >= 11 is 5.99. The van der Waals surface area contributed by atoms with Crippen molar-refractivity contribution in [1.82, 2.24) is 23.7 Å². The number of benzene rings is 1. The monoisotopic (exact) mass is 466 g/mol. The van der Waals surface area contributed by atoms with Gasteiger partial charge in [0.15, 0.2) is 11.2 Å². The summed E-state index contributed by atoms with van der Waals surface area (Å²) in [6.07, 6.45) is 3.39. The quantitative estimate of drug-likeness (QED) is 0.457. The third-order valence-electron chi connectivity index (χ3n) is 5.71. The van der Waals surface area contributed by atoms with E-state index in [9.17, 15) is 14.4 Å². The minimum atomic E-state index is -0.629. The van der Waals surface area contributed by atoms with E-state index in [0.29, 0.717) is 22.9 Å². The molecule has 0 unspecified atom stereocenters. The molecule has 11 heteroatoms. The summed E-state index contributed by atoms with van der Waals surface area (Å²) in [7, 11) is 3.17. The zero-order chi connectivity index (χ0) is 23.3. The van der Waals surface area contributed by atoms with E-state index in [0.717, 1.165) is 10.1 Å². The first-order valence-electron chi connectivity index (χ1n) is 10.1. The molecule has 33 heavy (non-hydrogen) atoms. The van der Waals surface area contributed by atoms with Crippen LogP contribution in [0.1, 0.15) is 23.8 Å². The molecule has 1 amide bonds. The van der Waals surface area contributed by atoms with Gasteiger partial charge in [-0.1, -0.05) is 23.7 Å². The first kappa shape index (κ1) is 21.0. The molecule has 0 fully saturated rings. The normalized spacial score (nSPS) is 15.9. The lowest BCUT2D eigenvalue weighted by Gasteiger charge is -2.20. The molecular formula is C22H19ClN6O4. The molecule has 0 spiro atoms. The summed E-state index contributed by atoms with van der Waals surface area (Å²) in [6.45, 7) is -0.471. The smallest absolute Gasteiger partial charge is 0.332 e. The van der Waals surface area contributed by atoms with Gasteiger partial charge < -0.3 is 8.98 Å². The Hall–Kier alpha value is -3.92. The van der Waals surface area contributed by atoms with Crippen LogP contribution in [0.15, 0.2) is 68.1 Å². The van der Waals surface area contributed by atoms with Crippen molar-refractivity contribution in [3.8, 4) is 0 Å². The predicted molar refractivity (Wildman–Crippen MR) is 121 cm³/mol. The maximum Gasteiger partial charge on any atom is 0.332 e. The first-order chi connectivity index (χ1) is 15.8. The molecule has 5 rings (SSSR count).